The van der Waals surface area contributed by atoms with Crippen LogP contribution < -0.4 is 5.32 Å². The fraction of sp³-hybridized carbons (Fsp3) is 0.824. The van der Waals surface area contributed by atoms with Crippen LogP contribution in [0, 0.1) is 0 Å². The summed E-state index contributed by atoms with van der Waals surface area (Å²) in [6.45, 7) is 3.46. The van der Waals surface area contributed by atoms with Gasteiger partial charge < -0.3 is 5.32 Å². The lowest BCUT2D eigenvalue weighted by molar-refractivity contribution is 0.235. The van der Waals surface area contributed by atoms with Crippen LogP contribution in [0.4, 0.5) is 0 Å². The third-order valence-electron chi connectivity index (χ3n) is 5.45. The molecule has 2 aliphatic carbocycles. The van der Waals surface area contributed by atoms with E-state index in [0.29, 0.717) is 6.04 Å². The van der Waals surface area contributed by atoms with Gasteiger partial charge in [-0.25, -0.2) is 0 Å². The molecule has 3 aliphatic rings. The number of rotatable bonds is 6. The molecular weight excluding hydrogens is 260 g/mol. The average molecular weight is 288 g/mol. The van der Waals surface area contributed by atoms with E-state index < -0.39 is 0 Å². The second-order valence-corrected chi connectivity index (χ2v) is 7.17. The smallest absolute Gasteiger partial charge is 0.0765 e. The maximum absolute atomic E-state index is 4.85. The molecular formula is C17H28N4. The van der Waals surface area contributed by atoms with Gasteiger partial charge in [0.05, 0.1) is 11.7 Å². The highest BCUT2D eigenvalue weighted by Gasteiger charge is 2.28. The number of nitrogens with zero attached hydrogens (tertiary/aromatic N) is 3. The summed E-state index contributed by atoms with van der Waals surface area (Å²) in [5.74, 6) is 0. The number of nitrogens with one attached hydrogen (secondary N) is 1. The van der Waals surface area contributed by atoms with E-state index >= 15 is 0 Å². The van der Waals surface area contributed by atoms with Crippen molar-refractivity contribution in [3.8, 4) is 0 Å². The summed E-state index contributed by atoms with van der Waals surface area (Å²) >= 11 is 0. The Bertz CT molecular complexity index is 459. The summed E-state index contributed by atoms with van der Waals surface area (Å²) in [7, 11) is 0. The van der Waals surface area contributed by atoms with Crippen molar-refractivity contribution in [3.63, 3.8) is 0 Å². The van der Waals surface area contributed by atoms with E-state index in [-0.39, 0.29) is 0 Å². The van der Waals surface area contributed by atoms with Crippen molar-refractivity contribution in [2.75, 3.05) is 13.1 Å². The summed E-state index contributed by atoms with van der Waals surface area (Å²) in [5.41, 5.74) is 1.26. The molecule has 0 bridgehead atoms. The summed E-state index contributed by atoms with van der Waals surface area (Å²) in [5, 5.41) is 8.55. The van der Waals surface area contributed by atoms with Crippen LogP contribution in [0.5, 0.6) is 0 Å². The van der Waals surface area contributed by atoms with Crippen LogP contribution in [0.2, 0.25) is 0 Å². The molecule has 1 saturated heterocycles. The highest BCUT2D eigenvalue weighted by atomic mass is 15.3. The van der Waals surface area contributed by atoms with E-state index in [1.165, 1.54) is 70.2 Å². The van der Waals surface area contributed by atoms with Gasteiger partial charge in [0.2, 0.25) is 0 Å². The Morgan fingerprint density at radius 1 is 1.10 bits per heavy atom. The lowest BCUT2D eigenvalue weighted by Gasteiger charge is -2.24. The lowest BCUT2D eigenvalue weighted by Crippen LogP contribution is -2.38. The molecule has 116 valence electrons. The molecule has 2 saturated carbocycles. The Balaban J connectivity index is 1.33. The SMILES string of the molecule is c1cn(C2CCCC2)nc1CN1CCCC1CNC1CC1. The van der Waals surface area contributed by atoms with Gasteiger partial charge >= 0.3 is 0 Å². The third kappa shape index (κ3) is 3.32. The monoisotopic (exact) mass is 288 g/mol. The van der Waals surface area contributed by atoms with Gasteiger partial charge in [-0.05, 0) is 51.1 Å². The first-order valence-electron chi connectivity index (χ1n) is 8.90. The normalized spacial score (nSPS) is 27.7. The fourth-order valence-electron chi connectivity index (χ4n) is 3.97. The molecule has 21 heavy (non-hydrogen) atoms. The summed E-state index contributed by atoms with van der Waals surface area (Å²) in [4.78, 5) is 2.64. The molecule has 4 rings (SSSR count). The third-order valence-corrected chi connectivity index (χ3v) is 5.45. The van der Waals surface area contributed by atoms with Crippen LogP contribution in [0.15, 0.2) is 12.3 Å². The number of hydrogen-bond donors (Lipinski definition) is 1. The molecule has 1 unspecified atom stereocenters. The molecule has 1 aliphatic heterocycles. The van der Waals surface area contributed by atoms with Crippen LogP contribution in [0.3, 0.4) is 0 Å². The van der Waals surface area contributed by atoms with Crippen LogP contribution in [-0.4, -0.2) is 39.9 Å². The van der Waals surface area contributed by atoms with Crippen LogP contribution in [0.1, 0.15) is 63.1 Å². The molecule has 4 nitrogen and oxygen atoms in total. The molecule has 0 radical (unpaired) electrons. The molecule has 1 atom stereocenters. The van der Waals surface area contributed by atoms with E-state index in [2.05, 4.69) is 27.2 Å². The van der Waals surface area contributed by atoms with Crippen molar-refractivity contribution >= 4 is 0 Å². The van der Waals surface area contributed by atoms with Gasteiger partial charge in [0.25, 0.3) is 0 Å². The predicted molar refractivity (Wildman–Crippen MR) is 84.2 cm³/mol. The molecule has 1 aromatic rings. The molecule has 4 heteroatoms. The standard InChI is InChI=1S/C17H28N4/c1-2-5-16(4-1)21-11-9-15(19-21)13-20-10-3-6-17(20)12-18-14-7-8-14/h9,11,14,16-18H,1-8,10,12-13H2. The van der Waals surface area contributed by atoms with Crippen LogP contribution >= 0.6 is 0 Å². The van der Waals surface area contributed by atoms with Crippen LogP contribution in [0.25, 0.3) is 0 Å². The highest BCUT2D eigenvalue weighted by Crippen LogP contribution is 2.29. The largest absolute Gasteiger partial charge is 0.312 e. The van der Waals surface area contributed by atoms with Gasteiger partial charge in [-0.1, -0.05) is 12.8 Å². The summed E-state index contributed by atoms with van der Waals surface area (Å²) in [6.07, 6.45) is 13.1. The topological polar surface area (TPSA) is 33.1 Å². The Labute approximate surface area is 127 Å². The van der Waals surface area contributed by atoms with Crippen molar-refractivity contribution in [2.24, 2.45) is 0 Å². The molecule has 0 aromatic carbocycles. The van der Waals surface area contributed by atoms with Gasteiger partial charge in [-0.2, -0.15) is 5.10 Å². The van der Waals surface area contributed by atoms with Crippen molar-refractivity contribution in [1.29, 1.82) is 0 Å². The maximum Gasteiger partial charge on any atom is 0.0765 e. The number of hydrogen-bond acceptors (Lipinski definition) is 3. The minimum atomic E-state index is 0.671. The van der Waals surface area contributed by atoms with Gasteiger partial charge in [0.1, 0.15) is 0 Å². The van der Waals surface area contributed by atoms with Crippen molar-refractivity contribution in [1.82, 2.24) is 20.0 Å². The molecule has 1 N–H and O–H groups in total. The molecule has 0 amide bonds. The summed E-state index contributed by atoms with van der Waals surface area (Å²) < 4.78 is 2.23. The maximum atomic E-state index is 4.85. The minimum Gasteiger partial charge on any atom is -0.312 e. The van der Waals surface area contributed by atoms with Crippen molar-refractivity contribution < 1.29 is 0 Å². The first kappa shape index (κ1) is 13.8. The second kappa shape index (κ2) is 6.09. The second-order valence-electron chi connectivity index (χ2n) is 7.17. The van der Waals surface area contributed by atoms with Gasteiger partial charge in [0, 0.05) is 31.4 Å². The zero-order valence-corrected chi connectivity index (χ0v) is 13.0. The van der Waals surface area contributed by atoms with E-state index in [1.54, 1.807) is 0 Å². The molecule has 2 heterocycles. The number of likely N-dealkylation sites (tertiary alicyclic amines) is 1. The Kier molecular flexibility index (Phi) is 3.99. The highest BCUT2D eigenvalue weighted by molar-refractivity contribution is 5.02. The molecule has 1 aromatic heterocycles. The lowest BCUT2D eigenvalue weighted by atomic mass is 10.2. The minimum absolute atomic E-state index is 0.671. The zero-order valence-electron chi connectivity index (χ0n) is 13.0. The van der Waals surface area contributed by atoms with Gasteiger partial charge in [0.15, 0.2) is 0 Å². The van der Waals surface area contributed by atoms with E-state index in [1.807, 2.05) is 0 Å². The van der Waals surface area contributed by atoms with E-state index in [9.17, 15) is 0 Å². The first-order valence-corrected chi connectivity index (χ1v) is 8.90. The Morgan fingerprint density at radius 2 is 1.95 bits per heavy atom. The molecule has 3 fully saturated rings. The first-order chi connectivity index (χ1) is 10.4. The van der Waals surface area contributed by atoms with Gasteiger partial charge in [-0.3, -0.25) is 9.58 Å². The van der Waals surface area contributed by atoms with E-state index in [4.69, 9.17) is 5.10 Å². The molecule has 0 spiro atoms. The van der Waals surface area contributed by atoms with Crippen molar-refractivity contribution in [3.05, 3.63) is 18.0 Å². The Morgan fingerprint density at radius 3 is 2.76 bits per heavy atom. The average Bonchev–Trinajstić information content (AvgIpc) is 2.93. The zero-order chi connectivity index (χ0) is 14.1. The summed E-state index contributed by atoms with van der Waals surface area (Å²) in [6, 6.07) is 4.46. The predicted octanol–water partition coefficient (Wildman–Crippen LogP) is 2.71. The van der Waals surface area contributed by atoms with Crippen LogP contribution in [-0.2, 0) is 6.54 Å². The Hall–Kier alpha value is -0.870. The van der Waals surface area contributed by atoms with E-state index in [0.717, 1.165) is 18.6 Å². The van der Waals surface area contributed by atoms with Gasteiger partial charge in [-0.15, -0.1) is 0 Å². The fourth-order valence-corrected chi connectivity index (χ4v) is 3.97. The quantitative estimate of drug-likeness (QED) is 0.874. The van der Waals surface area contributed by atoms with Crippen molar-refractivity contribution in [2.45, 2.75) is 76.0 Å². The number of aromatic nitrogens is 2.